The molecule has 10 N–H and O–H groups in total. The van der Waals surface area contributed by atoms with Crippen LogP contribution in [0.4, 0.5) is 16.4 Å². The Hall–Kier alpha value is -3.38. The van der Waals surface area contributed by atoms with Crippen molar-refractivity contribution < 1.29 is 75.6 Å². The normalized spacial score (nSPS) is 17.4. The summed E-state index contributed by atoms with van der Waals surface area (Å²) in [6.45, 7) is 7.34. The molecule has 0 aliphatic heterocycles. The van der Waals surface area contributed by atoms with Crippen LogP contribution >= 0.6 is 27.5 Å². The van der Waals surface area contributed by atoms with Crippen LogP contribution in [0.25, 0.3) is 22.3 Å². The van der Waals surface area contributed by atoms with Crippen molar-refractivity contribution in [2.75, 3.05) is 24.2 Å². The fourth-order valence-electron chi connectivity index (χ4n) is 6.47. The molecule has 6 rings (SSSR count). The summed E-state index contributed by atoms with van der Waals surface area (Å²) >= 11 is 0. The second kappa shape index (κ2) is 28.0. The molecule has 0 bridgehead atoms. The summed E-state index contributed by atoms with van der Waals surface area (Å²) < 4.78 is 60.8. The Kier molecular flexibility index (Phi) is 24.8. The van der Waals surface area contributed by atoms with Gasteiger partial charge in [0.25, 0.3) is 8.97 Å². The number of hydrogen-bond acceptors (Lipinski definition) is 17. The van der Waals surface area contributed by atoms with Gasteiger partial charge in [0, 0.05) is 18.6 Å². The van der Waals surface area contributed by atoms with Gasteiger partial charge in [0.05, 0.1) is 38.0 Å². The number of aromatic nitrogens is 8. The maximum atomic E-state index is 12.4. The van der Waals surface area contributed by atoms with Crippen LogP contribution in [0.1, 0.15) is 91.9 Å². The van der Waals surface area contributed by atoms with Gasteiger partial charge in [-0.25, -0.2) is 35.0 Å². The average molecular weight is 1010 g/mol. The van der Waals surface area contributed by atoms with Crippen LogP contribution in [-0.4, -0.2) is 116 Å². The molecule has 4 heterocycles. The predicted molar refractivity (Wildman–Crippen MR) is 234 cm³/mol. The number of rotatable bonds is 16. The molecule has 23 nitrogen and oxygen atoms in total. The fourth-order valence-corrected chi connectivity index (χ4v) is 8.16. The molecule has 2 fully saturated rings. The smallest absolute Gasteiger partial charge is 0.350 e. The summed E-state index contributed by atoms with van der Waals surface area (Å²) in [6.07, 6.45) is 14.5. The second-order valence-corrected chi connectivity index (χ2v) is 18.8. The Labute approximate surface area is 390 Å². The number of nitrogen functional groups attached to an aromatic ring is 2. The van der Waals surface area contributed by atoms with Gasteiger partial charge in [-0.2, -0.15) is 0 Å². The molecule has 1 unspecified atom stereocenters. The van der Waals surface area contributed by atoms with Crippen LogP contribution in [0.3, 0.4) is 0 Å². The molecular formula is C36H62ClFN12O11P2V. The second-order valence-electron chi connectivity index (χ2n) is 15.3. The van der Waals surface area contributed by atoms with Crippen molar-refractivity contribution in [2.24, 2.45) is 5.73 Å². The maximum Gasteiger partial charge on any atom is 0.350 e. The predicted octanol–water partition coefficient (Wildman–Crippen LogP) is 3.54. The van der Waals surface area contributed by atoms with E-state index < -0.39 is 58.1 Å². The van der Waals surface area contributed by atoms with Gasteiger partial charge in [0.2, 0.25) is 0 Å². The van der Waals surface area contributed by atoms with Crippen LogP contribution in [0.15, 0.2) is 25.3 Å². The molecule has 4 aromatic heterocycles. The first kappa shape index (κ1) is 56.8. The van der Waals surface area contributed by atoms with Crippen molar-refractivity contribution in [3.63, 3.8) is 0 Å². The molecule has 1 radical (unpaired) electrons. The molecule has 0 spiro atoms. The minimum Gasteiger partial charge on any atom is -0.461 e. The number of imidazole rings is 2. The quantitative estimate of drug-likeness (QED) is 0.0623. The van der Waals surface area contributed by atoms with Crippen LogP contribution < -0.4 is 22.3 Å². The minimum absolute atomic E-state index is 0. The molecule has 4 aromatic rings. The van der Waals surface area contributed by atoms with Crippen molar-refractivity contribution >= 4 is 73.4 Å². The number of nitrogens with zero attached hydrogens (tertiary/aromatic N) is 8. The summed E-state index contributed by atoms with van der Waals surface area (Å²) in [5, 5.41) is 2.45. The third-order valence-electron chi connectivity index (χ3n) is 9.62. The molecule has 2 aliphatic carbocycles. The first-order valence-corrected chi connectivity index (χ1v) is 23.8. The van der Waals surface area contributed by atoms with Gasteiger partial charge in [-0.3, -0.25) is 23.4 Å². The Balaban J connectivity index is 0.000000517. The van der Waals surface area contributed by atoms with Gasteiger partial charge in [-0.1, -0.05) is 12.8 Å². The van der Waals surface area contributed by atoms with E-state index in [9.17, 15) is 23.6 Å². The SMILES string of the molecule is C[C@H](Cn1cnc2c(N)ncnc21)OCP(=O)(O)N[C@@H](C)C(=O)OC1CCCCC1.C[C@H](Cn1cnc2c(N)ncnc21)OCP(=O)(O)O.C[C@H](N)C(=O)OC1CCCCC1.Cl.[3H]F.[V]. The molecule has 0 aromatic carbocycles. The number of nitrogens with two attached hydrogens (primary N) is 3. The zero-order valence-corrected chi connectivity index (χ0v) is 40.2. The van der Waals surface area contributed by atoms with Crippen LogP contribution in [-0.2, 0) is 69.3 Å². The Morgan fingerprint density at radius 1 is 0.750 bits per heavy atom. The van der Waals surface area contributed by atoms with E-state index in [0.29, 0.717) is 35.4 Å². The zero-order valence-electron chi connectivity index (χ0n) is 37.2. The van der Waals surface area contributed by atoms with Crippen LogP contribution in [0.5, 0.6) is 0 Å². The van der Waals surface area contributed by atoms with Crippen LogP contribution in [0, 0.1) is 0 Å². The maximum absolute atomic E-state index is 12.4. The number of esters is 2. The van der Waals surface area contributed by atoms with E-state index >= 15 is 0 Å². The average Bonchev–Trinajstić information content (AvgIpc) is 3.86. The Morgan fingerprint density at radius 2 is 1.16 bits per heavy atom. The molecule has 64 heavy (non-hydrogen) atoms. The first-order chi connectivity index (χ1) is 29.8. The van der Waals surface area contributed by atoms with E-state index in [-0.39, 0.29) is 60.8 Å². The number of fused-ring (bicyclic) bond motifs is 2. The van der Waals surface area contributed by atoms with Gasteiger partial charge >= 0.3 is 19.5 Å². The number of nitrogens with one attached hydrogen (secondary N) is 1. The summed E-state index contributed by atoms with van der Waals surface area (Å²) in [5.41, 5.74) is 18.9. The zero-order chi connectivity index (χ0) is 46.7. The molecule has 361 valence electrons. The van der Waals surface area contributed by atoms with E-state index in [1.165, 1.54) is 45.2 Å². The van der Waals surface area contributed by atoms with Crippen LogP contribution in [0.2, 0.25) is 0 Å². The number of ether oxygens (including phenoxy) is 4. The standard InChI is InChI=1S/C18H29N6O5P.C9H14N5O4P.C9H17NO2.ClH.FH.V/c1-12(8-24-10-22-15-16(19)20-9-21-17(15)24)28-11-30(26,27)23-13(2)18(25)29-14-6-4-3-5-7-14;1-6(18-5-19(15,16)17)2-14-4-13-7-8(10)11-3-12-9(7)14;1-7(10)9(11)12-8-5-3-2-4-6-8;;;/h9-10,12-14H,3-8,11H2,1-2H3,(H2,19,20,21)(H2,23,26,27);3-4,6H,2,5H2,1H3,(H2,10,11,12)(H2,15,16,17);7-8H,2-6,10H2,1H3;2*1H;/t12-,13+;6-;7-;;;/m110.../s1/i/hT. The summed E-state index contributed by atoms with van der Waals surface area (Å²) in [4.78, 5) is 75.1. The van der Waals surface area contributed by atoms with Crippen molar-refractivity contribution in [2.45, 2.75) is 141 Å². The van der Waals surface area contributed by atoms with Crippen molar-refractivity contribution in [1.29, 1.82) is 1.45 Å². The molecule has 28 heteroatoms. The monoisotopic (exact) mass is 1010 g/mol. The molecule has 2 aliphatic rings. The van der Waals surface area contributed by atoms with E-state index in [1.807, 2.05) is 0 Å². The summed E-state index contributed by atoms with van der Waals surface area (Å²) in [7, 11) is -8.06. The largest absolute Gasteiger partial charge is 0.461 e. The summed E-state index contributed by atoms with van der Waals surface area (Å²) in [5.74, 6) is -0.216. The molecule has 0 saturated heterocycles. The van der Waals surface area contributed by atoms with Crippen molar-refractivity contribution in [3.8, 4) is 0 Å². The van der Waals surface area contributed by atoms with E-state index in [2.05, 4.69) is 36.4 Å². The number of hydrogen-bond donors (Lipinski definition) is 7. The van der Waals surface area contributed by atoms with E-state index in [0.717, 1.165) is 44.9 Å². The molecular weight excluding hydrogens is 944 g/mol. The van der Waals surface area contributed by atoms with Gasteiger partial charge in [0.15, 0.2) is 22.9 Å². The number of anilines is 2. The third-order valence-corrected chi connectivity index (χ3v) is 11.4. The van der Waals surface area contributed by atoms with Gasteiger partial charge < -0.3 is 60.0 Å². The van der Waals surface area contributed by atoms with E-state index in [1.54, 1.807) is 36.2 Å². The molecule has 5 atom stereocenters. The molecule has 0 amide bonds. The van der Waals surface area contributed by atoms with E-state index in [4.69, 9.17) is 50.7 Å². The van der Waals surface area contributed by atoms with Crippen molar-refractivity contribution in [1.82, 2.24) is 44.1 Å². The molecule has 2 saturated carbocycles. The topological polar surface area (TPSA) is 343 Å². The first-order valence-electron chi connectivity index (χ1n) is 20.6. The fraction of sp³-hybridized carbons (Fsp3) is 0.667. The number of halogens is 2. The Bertz CT molecular complexity index is 2130. The third kappa shape index (κ3) is 19.6. The van der Waals surface area contributed by atoms with Gasteiger partial charge in [-0.05, 0) is 79.1 Å². The van der Waals surface area contributed by atoms with Gasteiger partial charge in [-0.15, -0.1) is 12.4 Å². The minimum atomic E-state index is -4.16. The van der Waals surface area contributed by atoms with Gasteiger partial charge in [0.1, 0.15) is 60.7 Å². The number of carbonyl (C=O) groups excluding carboxylic acids is 2. The Morgan fingerprint density at radius 3 is 1.56 bits per heavy atom. The summed E-state index contributed by atoms with van der Waals surface area (Å²) in [6, 6.07) is -1.38. The number of carbonyl (C=O) groups is 2. The van der Waals surface area contributed by atoms with Crippen molar-refractivity contribution in [3.05, 3.63) is 25.3 Å².